The van der Waals surface area contributed by atoms with E-state index in [0.717, 1.165) is 35.5 Å². The minimum atomic E-state index is -4.43. The molecule has 1 aliphatic heterocycles. The number of nitrogens with one attached hydrogen (secondary N) is 2. The Morgan fingerprint density at radius 2 is 2.26 bits per heavy atom. The van der Waals surface area contributed by atoms with E-state index in [0.29, 0.717) is 43.0 Å². The maximum absolute atomic E-state index is 12.7. The first-order chi connectivity index (χ1) is 13.0. The fourth-order valence-corrected chi connectivity index (χ4v) is 3.30. The van der Waals surface area contributed by atoms with Gasteiger partial charge < -0.3 is 19.8 Å². The Morgan fingerprint density at radius 1 is 1.37 bits per heavy atom. The Balaban J connectivity index is 1.56. The third kappa shape index (κ3) is 6.24. The van der Waals surface area contributed by atoms with Crippen molar-refractivity contribution in [3.05, 3.63) is 40.2 Å². The highest BCUT2D eigenvalue weighted by Gasteiger charge is 2.33. The topological polar surface area (TPSA) is 71.7 Å². The van der Waals surface area contributed by atoms with Gasteiger partial charge in [-0.2, -0.15) is 13.2 Å². The van der Waals surface area contributed by atoms with Crippen LogP contribution in [0, 0.1) is 5.92 Å². The lowest BCUT2D eigenvalue weighted by molar-refractivity contribution is -0.140. The number of thiazole rings is 1. The molecule has 0 aromatic carbocycles. The molecule has 1 saturated heterocycles. The largest absolute Gasteiger partial charge is 0.469 e. The lowest BCUT2D eigenvalue weighted by atomic mass is 10.1. The molecule has 1 fully saturated rings. The molecule has 148 valence electrons. The molecule has 1 aliphatic rings. The van der Waals surface area contributed by atoms with Crippen molar-refractivity contribution < 1.29 is 22.3 Å². The van der Waals surface area contributed by atoms with Gasteiger partial charge in [0.25, 0.3) is 0 Å². The highest BCUT2D eigenvalue weighted by Crippen LogP contribution is 2.30. The van der Waals surface area contributed by atoms with E-state index in [1.165, 1.54) is 0 Å². The van der Waals surface area contributed by atoms with E-state index in [1.54, 1.807) is 6.26 Å². The van der Waals surface area contributed by atoms with Crippen molar-refractivity contribution in [2.45, 2.75) is 25.6 Å². The van der Waals surface area contributed by atoms with Crippen LogP contribution in [0.2, 0.25) is 0 Å². The number of nitrogens with zero attached hydrogens (tertiary/aromatic N) is 2. The van der Waals surface area contributed by atoms with Crippen LogP contribution in [0.15, 0.2) is 33.2 Å². The molecule has 1 atom stereocenters. The minimum Gasteiger partial charge on any atom is -0.469 e. The Labute approximate surface area is 158 Å². The molecule has 0 radical (unpaired) electrons. The lowest BCUT2D eigenvalue weighted by Gasteiger charge is -2.14. The average molecular weight is 402 g/mol. The smallest absolute Gasteiger partial charge is 0.434 e. The van der Waals surface area contributed by atoms with Crippen LogP contribution in [0.3, 0.4) is 0 Å². The van der Waals surface area contributed by atoms with E-state index in [4.69, 9.17) is 9.15 Å². The van der Waals surface area contributed by atoms with Gasteiger partial charge in [-0.05, 0) is 18.6 Å². The number of rotatable bonds is 7. The first-order valence-corrected chi connectivity index (χ1v) is 9.52. The van der Waals surface area contributed by atoms with Crippen molar-refractivity contribution in [2.75, 3.05) is 26.3 Å². The van der Waals surface area contributed by atoms with Crippen LogP contribution in [0.5, 0.6) is 0 Å². The zero-order valence-corrected chi connectivity index (χ0v) is 15.4. The molecule has 0 bridgehead atoms. The summed E-state index contributed by atoms with van der Waals surface area (Å²) >= 11 is 0.955. The van der Waals surface area contributed by atoms with Crippen LogP contribution < -0.4 is 10.6 Å². The van der Waals surface area contributed by atoms with E-state index in [9.17, 15) is 13.2 Å². The summed E-state index contributed by atoms with van der Waals surface area (Å²) in [4.78, 5) is 7.98. The second-order valence-corrected chi connectivity index (χ2v) is 7.10. The fourth-order valence-electron chi connectivity index (χ4n) is 2.58. The van der Waals surface area contributed by atoms with Gasteiger partial charge in [0.05, 0.1) is 19.4 Å². The van der Waals surface area contributed by atoms with Gasteiger partial charge in [0.1, 0.15) is 10.8 Å². The Kier molecular flexibility index (Phi) is 6.73. The lowest BCUT2D eigenvalue weighted by Crippen LogP contribution is -2.40. The van der Waals surface area contributed by atoms with Crippen molar-refractivity contribution in [3.63, 3.8) is 0 Å². The van der Waals surface area contributed by atoms with E-state index >= 15 is 0 Å². The van der Waals surface area contributed by atoms with E-state index in [-0.39, 0.29) is 6.54 Å². The van der Waals surface area contributed by atoms with Gasteiger partial charge in [-0.15, -0.1) is 11.3 Å². The first kappa shape index (κ1) is 19.7. The summed E-state index contributed by atoms with van der Waals surface area (Å²) < 4.78 is 48.6. The predicted octanol–water partition coefficient (Wildman–Crippen LogP) is 3.07. The molecule has 3 heterocycles. The average Bonchev–Trinajstić information content (AvgIpc) is 3.39. The minimum absolute atomic E-state index is 0.0813. The maximum atomic E-state index is 12.7. The maximum Gasteiger partial charge on any atom is 0.434 e. The molecular formula is C17H21F3N4O2S. The highest BCUT2D eigenvalue weighted by molar-refractivity contribution is 7.09. The standard InChI is InChI=1S/C17H21F3N4O2S/c18-17(19,20)14-11-27-15(24-14)9-23-16(22-8-12-4-7-25-10-12)21-5-3-13-2-1-6-26-13/h1-2,6,11-12H,3-5,7-10H2,(H2,21,22,23). The monoisotopic (exact) mass is 402 g/mol. The van der Waals surface area contributed by atoms with Crippen LogP contribution in [-0.2, 0) is 23.9 Å². The van der Waals surface area contributed by atoms with Crippen LogP contribution in [0.1, 0.15) is 22.9 Å². The number of furan rings is 1. The second kappa shape index (κ2) is 9.23. The van der Waals surface area contributed by atoms with Crippen molar-refractivity contribution in [1.29, 1.82) is 0 Å². The third-order valence-corrected chi connectivity index (χ3v) is 4.87. The van der Waals surface area contributed by atoms with Crippen LogP contribution in [0.25, 0.3) is 0 Å². The molecule has 0 saturated carbocycles. The first-order valence-electron chi connectivity index (χ1n) is 8.64. The highest BCUT2D eigenvalue weighted by atomic mass is 32.1. The van der Waals surface area contributed by atoms with Crippen LogP contribution >= 0.6 is 11.3 Å². The Bertz CT molecular complexity index is 725. The molecule has 2 aromatic heterocycles. The van der Waals surface area contributed by atoms with Crippen molar-refractivity contribution >= 4 is 17.3 Å². The fraction of sp³-hybridized carbons (Fsp3) is 0.529. The molecule has 2 aromatic rings. The number of aliphatic imine (C=N–C) groups is 1. The zero-order chi connectivity index (χ0) is 19.1. The molecule has 27 heavy (non-hydrogen) atoms. The number of hydrogen-bond donors (Lipinski definition) is 2. The summed E-state index contributed by atoms with van der Waals surface area (Å²) in [6.45, 7) is 2.82. The second-order valence-electron chi connectivity index (χ2n) is 6.16. The van der Waals surface area contributed by atoms with E-state index in [2.05, 4.69) is 20.6 Å². The summed E-state index contributed by atoms with van der Waals surface area (Å²) in [7, 11) is 0. The quantitative estimate of drug-likeness (QED) is 0.550. The zero-order valence-electron chi connectivity index (χ0n) is 14.6. The Hall–Kier alpha value is -2.07. The van der Waals surface area contributed by atoms with Gasteiger partial charge in [0.2, 0.25) is 0 Å². The summed E-state index contributed by atoms with van der Waals surface area (Å²) in [5, 5.41) is 7.74. The number of alkyl halides is 3. The van der Waals surface area contributed by atoms with Crippen molar-refractivity contribution in [3.8, 4) is 0 Å². The van der Waals surface area contributed by atoms with Gasteiger partial charge in [0, 0.05) is 37.4 Å². The van der Waals surface area contributed by atoms with Gasteiger partial charge in [0.15, 0.2) is 11.7 Å². The molecular weight excluding hydrogens is 381 g/mol. The number of hydrogen-bond acceptors (Lipinski definition) is 5. The van der Waals surface area contributed by atoms with Crippen molar-refractivity contribution in [1.82, 2.24) is 15.6 Å². The van der Waals surface area contributed by atoms with Gasteiger partial charge in [-0.3, -0.25) is 0 Å². The predicted molar refractivity (Wildman–Crippen MR) is 95.6 cm³/mol. The normalized spacial score (nSPS) is 18.0. The number of aromatic nitrogens is 1. The summed E-state index contributed by atoms with van der Waals surface area (Å²) in [5.74, 6) is 1.79. The summed E-state index contributed by atoms with van der Waals surface area (Å²) in [6.07, 6.45) is -1.16. The number of ether oxygens (including phenoxy) is 1. The van der Waals surface area contributed by atoms with Gasteiger partial charge in [-0.25, -0.2) is 9.98 Å². The molecule has 6 nitrogen and oxygen atoms in total. The van der Waals surface area contributed by atoms with Crippen LogP contribution in [0.4, 0.5) is 13.2 Å². The molecule has 10 heteroatoms. The van der Waals surface area contributed by atoms with Gasteiger partial charge in [-0.1, -0.05) is 0 Å². The molecule has 3 rings (SSSR count). The summed E-state index contributed by atoms with van der Waals surface area (Å²) in [5.41, 5.74) is -0.874. The van der Waals surface area contributed by atoms with Crippen molar-refractivity contribution in [2.24, 2.45) is 10.9 Å². The number of halogens is 3. The molecule has 0 aliphatic carbocycles. The van der Waals surface area contributed by atoms with E-state index < -0.39 is 11.9 Å². The Morgan fingerprint density at radius 3 is 2.93 bits per heavy atom. The summed E-state index contributed by atoms with van der Waals surface area (Å²) in [6, 6.07) is 3.71. The number of guanidine groups is 1. The molecule has 0 spiro atoms. The molecule has 1 unspecified atom stereocenters. The molecule has 0 amide bonds. The van der Waals surface area contributed by atoms with E-state index in [1.807, 2.05) is 12.1 Å². The third-order valence-electron chi connectivity index (χ3n) is 4.04. The van der Waals surface area contributed by atoms with Gasteiger partial charge >= 0.3 is 6.18 Å². The van der Waals surface area contributed by atoms with Crippen LogP contribution in [-0.4, -0.2) is 37.2 Å². The SMILES string of the molecule is FC(F)(F)c1csc(CN=C(NCCc2ccco2)NCC2CCOC2)n1. The molecule has 2 N–H and O–H groups in total.